The second-order valence-electron chi connectivity index (χ2n) is 6.97. The van der Waals surface area contributed by atoms with Crippen LogP contribution in [-0.4, -0.2) is 38.2 Å². The third-order valence-electron chi connectivity index (χ3n) is 5.37. The molecule has 2 heterocycles. The highest BCUT2D eigenvalue weighted by atomic mass is 35.5. The first kappa shape index (κ1) is 16.0. The van der Waals surface area contributed by atoms with Gasteiger partial charge in [0, 0.05) is 5.02 Å². The highest BCUT2D eigenvalue weighted by molar-refractivity contribution is 6.30. The molecule has 2 aromatic rings. The van der Waals surface area contributed by atoms with E-state index in [2.05, 4.69) is 37.2 Å². The zero-order valence-electron chi connectivity index (χ0n) is 13.9. The first-order valence-electron chi connectivity index (χ1n) is 9.10. The molecule has 1 saturated heterocycles. The summed E-state index contributed by atoms with van der Waals surface area (Å²) in [4.78, 5) is 2.51. The van der Waals surface area contributed by atoms with E-state index in [4.69, 9.17) is 11.6 Å². The van der Waals surface area contributed by atoms with Crippen LogP contribution in [0.1, 0.15) is 68.4 Å². The zero-order valence-corrected chi connectivity index (χ0v) is 14.7. The van der Waals surface area contributed by atoms with Crippen LogP contribution in [0.25, 0.3) is 0 Å². The van der Waals surface area contributed by atoms with Crippen LogP contribution in [0.2, 0.25) is 5.02 Å². The van der Waals surface area contributed by atoms with Crippen molar-refractivity contribution in [2.45, 2.75) is 57.0 Å². The van der Waals surface area contributed by atoms with E-state index >= 15 is 0 Å². The lowest BCUT2D eigenvalue weighted by Crippen LogP contribution is -2.30. The van der Waals surface area contributed by atoms with Gasteiger partial charge in [0.15, 0.2) is 5.82 Å². The summed E-state index contributed by atoms with van der Waals surface area (Å²) < 4.78 is 2.11. The Morgan fingerprint density at radius 2 is 1.67 bits per heavy atom. The summed E-state index contributed by atoms with van der Waals surface area (Å²) in [6.07, 6.45) is 8.75. The quantitative estimate of drug-likeness (QED) is 0.839. The van der Waals surface area contributed by atoms with Crippen molar-refractivity contribution in [3.63, 3.8) is 0 Å². The minimum Gasteiger partial charge on any atom is -0.290 e. The fourth-order valence-corrected chi connectivity index (χ4v) is 4.26. The van der Waals surface area contributed by atoms with E-state index in [-0.39, 0.29) is 6.04 Å². The average Bonchev–Trinajstić information content (AvgIpc) is 3.30. The van der Waals surface area contributed by atoms with Crippen molar-refractivity contribution < 1.29 is 0 Å². The summed E-state index contributed by atoms with van der Waals surface area (Å²) in [5.41, 5.74) is 1.23. The summed E-state index contributed by atoms with van der Waals surface area (Å²) in [7, 11) is 0. The van der Waals surface area contributed by atoms with Gasteiger partial charge in [0.25, 0.3) is 0 Å². The molecule has 2 aliphatic rings. The highest BCUT2D eigenvalue weighted by Crippen LogP contribution is 2.34. The molecule has 1 aromatic heterocycles. The topological polar surface area (TPSA) is 46.8 Å². The van der Waals surface area contributed by atoms with E-state index in [0.29, 0.717) is 6.04 Å². The Morgan fingerprint density at radius 1 is 0.958 bits per heavy atom. The van der Waals surface area contributed by atoms with Crippen LogP contribution in [0.5, 0.6) is 0 Å². The molecular weight excluding hydrogens is 322 g/mol. The second-order valence-corrected chi connectivity index (χ2v) is 7.41. The number of benzene rings is 1. The van der Waals surface area contributed by atoms with Gasteiger partial charge in [0.1, 0.15) is 0 Å². The Balaban J connectivity index is 1.71. The van der Waals surface area contributed by atoms with E-state index < -0.39 is 0 Å². The maximum atomic E-state index is 6.09. The molecule has 5 nitrogen and oxygen atoms in total. The van der Waals surface area contributed by atoms with Crippen molar-refractivity contribution >= 4 is 11.6 Å². The van der Waals surface area contributed by atoms with Gasteiger partial charge in [-0.1, -0.05) is 43.0 Å². The number of likely N-dealkylation sites (tertiary alicyclic amines) is 1. The molecule has 24 heavy (non-hydrogen) atoms. The van der Waals surface area contributed by atoms with E-state index in [9.17, 15) is 0 Å². The first-order chi connectivity index (χ1) is 11.8. The molecule has 0 N–H and O–H groups in total. The lowest BCUT2D eigenvalue weighted by Gasteiger charge is -2.29. The minimum atomic E-state index is 0.127. The monoisotopic (exact) mass is 345 g/mol. The van der Waals surface area contributed by atoms with Crippen molar-refractivity contribution in [1.82, 2.24) is 25.1 Å². The van der Waals surface area contributed by atoms with E-state index in [1.54, 1.807) is 0 Å². The Hall–Kier alpha value is -1.46. The number of tetrazole rings is 1. The molecule has 128 valence electrons. The normalized spacial score (nSPS) is 21.2. The maximum Gasteiger partial charge on any atom is 0.173 e. The van der Waals surface area contributed by atoms with Crippen LogP contribution in [0.4, 0.5) is 0 Å². The van der Waals surface area contributed by atoms with Gasteiger partial charge >= 0.3 is 0 Å². The van der Waals surface area contributed by atoms with Gasteiger partial charge in [0.2, 0.25) is 0 Å². The predicted molar refractivity (Wildman–Crippen MR) is 94.0 cm³/mol. The molecule has 0 bridgehead atoms. The smallest absolute Gasteiger partial charge is 0.173 e. The van der Waals surface area contributed by atoms with Crippen molar-refractivity contribution in [3.8, 4) is 0 Å². The minimum absolute atomic E-state index is 0.127. The fourth-order valence-electron chi connectivity index (χ4n) is 4.13. The molecular formula is C18H24ClN5. The largest absolute Gasteiger partial charge is 0.290 e. The van der Waals surface area contributed by atoms with Crippen molar-refractivity contribution in [3.05, 3.63) is 40.7 Å². The third-order valence-corrected chi connectivity index (χ3v) is 5.63. The van der Waals surface area contributed by atoms with Crippen LogP contribution < -0.4 is 0 Å². The number of nitrogens with zero attached hydrogens (tertiary/aromatic N) is 5. The van der Waals surface area contributed by atoms with Crippen molar-refractivity contribution in [2.75, 3.05) is 13.1 Å². The molecule has 6 heteroatoms. The molecule has 1 aliphatic heterocycles. The Labute approximate surface area is 148 Å². The van der Waals surface area contributed by atoms with Gasteiger partial charge in [0.05, 0.1) is 12.1 Å². The van der Waals surface area contributed by atoms with Crippen LogP contribution in [-0.2, 0) is 0 Å². The van der Waals surface area contributed by atoms with E-state index in [0.717, 1.165) is 23.9 Å². The fraction of sp³-hybridized carbons (Fsp3) is 0.611. The van der Waals surface area contributed by atoms with Gasteiger partial charge in [-0.25, -0.2) is 4.68 Å². The van der Waals surface area contributed by atoms with Crippen LogP contribution >= 0.6 is 11.6 Å². The standard InChI is InChI=1S/C18H24ClN5/c19-15-10-8-14(9-11-15)17(23-12-4-5-13-23)18-20-21-22-24(18)16-6-2-1-3-7-16/h8-11,16-17H,1-7,12-13H2. The number of hydrogen-bond acceptors (Lipinski definition) is 4. The number of hydrogen-bond donors (Lipinski definition) is 0. The molecule has 1 aromatic carbocycles. The van der Waals surface area contributed by atoms with Gasteiger partial charge in [-0.05, 0) is 66.9 Å². The molecule has 0 spiro atoms. The van der Waals surface area contributed by atoms with Crippen LogP contribution in [0.15, 0.2) is 24.3 Å². The Bertz CT molecular complexity index is 656. The molecule has 0 amide bonds. The summed E-state index contributed by atoms with van der Waals surface area (Å²) in [5, 5.41) is 13.7. The van der Waals surface area contributed by atoms with Crippen LogP contribution in [0, 0.1) is 0 Å². The van der Waals surface area contributed by atoms with Gasteiger partial charge < -0.3 is 0 Å². The maximum absolute atomic E-state index is 6.09. The zero-order chi connectivity index (χ0) is 16.4. The number of rotatable bonds is 4. The molecule has 1 aliphatic carbocycles. The van der Waals surface area contributed by atoms with E-state index in [1.807, 2.05) is 12.1 Å². The summed E-state index contributed by atoms with van der Waals surface area (Å²) in [5.74, 6) is 0.992. The summed E-state index contributed by atoms with van der Waals surface area (Å²) in [6.45, 7) is 2.20. The van der Waals surface area contributed by atoms with E-state index in [1.165, 1.54) is 50.5 Å². The van der Waals surface area contributed by atoms with Gasteiger partial charge in [-0.15, -0.1) is 5.10 Å². The molecule has 1 saturated carbocycles. The molecule has 0 radical (unpaired) electrons. The highest BCUT2D eigenvalue weighted by Gasteiger charge is 2.31. The molecule has 1 atom stereocenters. The number of aromatic nitrogens is 4. The predicted octanol–water partition coefficient (Wildman–Crippen LogP) is 4.02. The lowest BCUT2D eigenvalue weighted by atomic mass is 9.95. The Kier molecular flexibility index (Phi) is 4.81. The summed E-state index contributed by atoms with van der Waals surface area (Å²) >= 11 is 6.09. The lowest BCUT2D eigenvalue weighted by molar-refractivity contribution is 0.244. The SMILES string of the molecule is Clc1ccc(C(c2nnnn2C2CCCCC2)N2CCCC2)cc1. The average molecular weight is 346 g/mol. The van der Waals surface area contributed by atoms with Gasteiger partial charge in [-0.3, -0.25) is 4.90 Å². The molecule has 1 unspecified atom stereocenters. The Morgan fingerprint density at radius 3 is 2.38 bits per heavy atom. The molecule has 2 fully saturated rings. The second kappa shape index (κ2) is 7.19. The number of halogens is 1. The summed E-state index contributed by atoms with van der Waals surface area (Å²) in [6, 6.07) is 8.74. The third kappa shape index (κ3) is 3.20. The van der Waals surface area contributed by atoms with Gasteiger partial charge in [-0.2, -0.15) is 0 Å². The van der Waals surface area contributed by atoms with Crippen molar-refractivity contribution in [2.24, 2.45) is 0 Å². The molecule has 4 rings (SSSR count). The van der Waals surface area contributed by atoms with Crippen LogP contribution in [0.3, 0.4) is 0 Å². The van der Waals surface area contributed by atoms with Crippen molar-refractivity contribution in [1.29, 1.82) is 0 Å². The first-order valence-corrected chi connectivity index (χ1v) is 9.48.